The van der Waals surface area contributed by atoms with Crippen LogP contribution < -0.4 is 0 Å². The third-order valence-corrected chi connectivity index (χ3v) is 3.31. The zero-order chi connectivity index (χ0) is 13.8. The van der Waals surface area contributed by atoms with Crippen molar-refractivity contribution in [2.24, 2.45) is 5.16 Å². The van der Waals surface area contributed by atoms with E-state index in [9.17, 15) is 4.79 Å². The summed E-state index contributed by atoms with van der Waals surface area (Å²) in [5.41, 5.74) is 0.980. The second-order valence-corrected chi connectivity index (χ2v) is 5.03. The van der Waals surface area contributed by atoms with Crippen molar-refractivity contribution in [3.05, 3.63) is 34.3 Å². The highest BCUT2D eigenvalue weighted by atomic mass is 79.9. The van der Waals surface area contributed by atoms with E-state index < -0.39 is 0 Å². The van der Waals surface area contributed by atoms with Crippen LogP contribution in [0.5, 0.6) is 0 Å². The minimum absolute atomic E-state index is 0.122. The fourth-order valence-electron chi connectivity index (χ4n) is 1.79. The third-order valence-electron chi connectivity index (χ3n) is 2.78. The number of hydrogen-bond donors (Lipinski definition) is 0. The Morgan fingerprint density at radius 3 is 2.79 bits per heavy atom. The summed E-state index contributed by atoms with van der Waals surface area (Å²) in [5.74, 6) is 0.277. The number of halogens is 1. The molecule has 0 bridgehead atoms. The van der Waals surface area contributed by atoms with Crippen LogP contribution in [0.25, 0.3) is 0 Å². The van der Waals surface area contributed by atoms with Gasteiger partial charge in [0, 0.05) is 17.1 Å². The van der Waals surface area contributed by atoms with Crippen molar-refractivity contribution in [1.29, 1.82) is 0 Å². The first kappa shape index (κ1) is 13.9. The molecule has 1 aromatic carbocycles. The van der Waals surface area contributed by atoms with Crippen molar-refractivity contribution in [3.8, 4) is 0 Å². The summed E-state index contributed by atoms with van der Waals surface area (Å²) in [5, 5.41) is 3.95. The molecule has 0 radical (unpaired) electrons. The van der Waals surface area contributed by atoms with Crippen molar-refractivity contribution < 1.29 is 14.4 Å². The van der Waals surface area contributed by atoms with Crippen molar-refractivity contribution in [2.45, 2.75) is 19.6 Å². The number of oxime groups is 1. The van der Waals surface area contributed by atoms with Crippen LogP contribution in [0, 0.1) is 0 Å². The van der Waals surface area contributed by atoms with Crippen molar-refractivity contribution >= 4 is 27.7 Å². The Morgan fingerprint density at radius 1 is 1.47 bits per heavy atom. The lowest BCUT2D eigenvalue weighted by atomic mass is 10.2. The van der Waals surface area contributed by atoms with E-state index in [0.29, 0.717) is 12.4 Å². The minimum Gasteiger partial charge on any atom is -0.466 e. The average molecular weight is 327 g/mol. The molecule has 0 aliphatic carbocycles. The Morgan fingerprint density at radius 2 is 2.16 bits per heavy atom. The highest BCUT2D eigenvalue weighted by Crippen LogP contribution is 2.28. The van der Waals surface area contributed by atoms with Gasteiger partial charge < -0.3 is 14.5 Å². The Labute approximate surface area is 120 Å². The molecular weight excluding hydrogens is 312 g/mol. The molecule has 0 amide bonds. The largest absolute Gasteiger partial charge is 0.466 e. The van der Waals surface area contributed by atoms with E-state index in [0.717, 1.165) is 10.0 Å². The maximum absolute atomic E-state index is 11.4. The molecule has 0 N–H and O–H groups in total. The number of carbonyl (C=O) groups is 1. The van der Waals surface area contributed by atoms with Gasteiger partial charge in [0.05, 0.1) is 6.61 Å². The summed E-state index contributed by atoms with van der Waals surface area (Å²) in [6.45, 7) is 2.14. The second kappa shape index (κ2) is 6.06. The normalized spacial score (nSPS) is 17.9. The van der Waals surface area contributed by atoms with E-state index in [4.69, 9.17) is 9.57 Å². The van der Waals surface area contributed by atoms with Crippen LogP contribution in [0.3, 0.4) is 0 Å². The molecule has 1 aromatic rings. The molecule has 1 heterocycles. The Hall–Kier alpha value is -1.56. The predicted molar refractivity (Wildman–Crippen MR) is 74.4 cm³/mol. The minimum atomic E-state index is -0.298. The Balaban J connectivity index is 2.02. The van der Waals surface area contributed by atoms with Gasteiger partial charge in [-0.15, -0.1) is 0 Å². The van der Waals surface area contributed by atoms with Gasteiger partial charge in [-0.05, 0) is 19.1 Å². The lowest BCUT2D eigenvalue weighted by Gasteiger charge is -2.20. The first-order chi connectivity index (χ1) is 9.11. The lowest BCUT2D eigenvalue weighted by molar-refractivity contribution is -0.141. The van der Waals surface area contributed by atoms with Gasteiger partial charge in [-0.3, -0.25) is 4.79 Å². The summed E-state index contributed by atoms with van der Waals surface area (Å²) in [4.78, 5) is 18.6. The summed E-state index contributed by atoms with van der Waals surface area (Å²) < 4.78 is 5.90. The molecule has 0 fully saturated rings. The Bertz CT molecular complexity index is 487. The average Bonchev–Trinajstić information content (AvgIpc) is 2.73. The fourth-order valence-corrected chi connectivity index (χ4v) is 2.06. The molecule has 5 nitrogen and oxygen atoms in total. The molecule has 2 rings (SSSR count). The number of esters is 1. The van der Waals surface area contributed by atoms with Gasteiger partial charge >= 0.3 is 5.97 Å². The quantitative estimate of drug-likeness (QED) is 0.798. The summed E-state index contributed by atoms with van der Waals surface area (Å²) in [7, 11) is 1.85. The highest BCUT2D eigenvalue weighted by Gasteiger charge is 2.29. The number of amidine groups is 1. The van der Waals surface area contributed by atoms with Gasteiger partial charge in [-0.1, -0.05) is 33.2 Å². The van der Waals surface area contributed by atoms with Gasteiger partial charge in [0.1, 0.15) is 6.42 Å². The standard InChI is InChI=1S/C13H15BrN2O3/c1-3-18-12(17)8-11-15-19-13(16(11)2)9-4-6-10(14)7-5-9/h4-7,13H,3,8H2,1-2H3. The maximum atomic E-state index is 11.4. The number of carbonyl (C=O) groups excluding carboxylic acids is 1. The third kappa shape index (κ3) is 3.26. The SMILES string of the molecule is CCOC(=O)CC1=NOC(c2ccc(Br)cc2)N1C. The molecule has 1 unspecified atom stereocenters. The topological polar surface area (TPSA) is 51.1 Å². The molecule has 102 valence electrons. The molecule has 19 heavy (non-hydrogen) atoms. The van der Waals surface area contributed by atoms with E-state index in [-0.39, 0.29) is 18.6 Å². The molecule has 0 aromatic heterocycles. The zero-order valence-electron chi connectivity index (χ0n) is 10.8. The van der Waals surface area contributed by atoms with Crippen LogP contribution in [0.1, 0.15) is 25.1 Å². The summed E-state index contributed by atoms with van der Waals surface area (Å²) in [6.07, 6.45) is -0.172. The van der Waals surface area contributed by atoms with Crippen molar-refractivity contribution in [1.82, 2.24) is 4.90 Å². The van der Waals surface area contributed by atoms with Crippen molar-refractivity contribution in [2.75, 3.05) is 13.7 Å². The number of ether oxygens (including phenoxy) is 1. The summed E-state index contributed by atoms with van der Waals surface area (Å²) >= 11 is 3.39. The first-order valence-corrected chi connectivity index (χ1v) is 6.77. The maximum Gasteiger partial charge on any atom is 0.313 e. The predicted octanol–water partition coefficient (Wildman–Crippen LogP) is 2.68. The highest BCUT2D eigenvalue weighted by molar-refractivity contribution is 9.10. The monoisotopic (exact) mass is 326 g/mol. The van der Waals surface area contributed by atoms with Crippen LogP contribution >= 0.6 is 15.9 Å². The second-order valence-electron chi connectivity index (χ2n) is 4.11. The van der Waals surface area contributed by atoms with E-state index >= 15 is 0 Å². The molecule has 1 atom stereocenters. The molecule has 0 saturated carbocycles. The van der Waals surface area contributed by atoms with E-state index in [1.807, 2.05) is 36.2 Å². The van der Waals surface area contributed by atoms with E-state index in [1.165, 1.54) is 0 Å². The summed E-state index contributed by atoms with van der Waals surface area (Å²) in [6, 6.07) is 7.79. The van der Waals surface area contributed by atoms with Crippen LogP contribution in [0.2, 0.25) is 0 Å². The van der Waals surface area contributed by atoms with E-state index in [2.05, 4.69) is 21.1 Å². The van der Waals surface area contributed by atoms with Crippen LogP contribution in [-0.2, 0) is 14.4 Å². The van der Waals surface area contributed by atoms with Crippen LogP contribution in [0.15, 0.2) is 33.9 Å². The van der Waals surface area contributed by atoms with Gasteiger partial charge in [-0.2, -0.15) is 0 Å². The molecular formula is C13H15BrN2O3. The smallest absolute Gasteiger partial charge is 0.313 e. The van der Waals surface area contributed by atoms with Gasteiger partial charge in [0.25, 0.3) is 0 Å². The van der Waals surface area contributed by atoms with Crippen LogP contribution in [-0.4, -0.2) is 30.4 Å². The molecule has 1 aliphatic rings. The number of benzene rings is 1. The van der Waals surface area contributed by atoms with E-state index in [1.54, 1.807) is 6.92 Å². The molecule has 0 saturated heterocycles. The number of hydrogen-bond acceptors (Lipinski definition) is 5. The number of rotatable bonds is 4. The fraction of sp³-hybridized carbons (Fsp3) is 0.385. The first-order valence-electron chi connectivity index (χ1n) is 5.98. The zero-order valence-corrected chi connectivity index (χ0v) is 12.4. The van der Waals surface area contributed by atoms with Gasteiger partial charge in [0.15, 0.2) is 5.84 Å². The van der Waals surface area contributed by atoms with Gasteiger partial charge in [0.2, 0.25) is 6.23 Å². The van der Waals surface area contributed by atoms with Crippen molar-refractivity contribution in [3.63, 3.8) is 0 Å². The molecule has 6 heteroatoms. The molecule has 0 spiro atoms. The van der Waals surface area contributed by atoms with Gasteiger partial charge in [-0.25, -0.2) is 0 Å². The number of nitrogens with zero attached hydrogens (tertiary/aromatic N) is 2. The lowest BCUT2D eigenvalue weighted by Crippen LogP contribution is -2.28. The molecule has 1 aliphatic heterocycles. The van der Waals surface area contributed by atoms with Crippen LogP contribution in [0.4, 0.5) is 0 Å². The Kier molecular flexibility index (Phi) is 4.42.